The van der Waals surface area contributed by atoms with Crippen LogP contribution in [0.4, 0.5) is 13.2 Å². The molecule has 7 nitrogen and oxygen atoms in total. The summed E-state index contributed by atoms with van der Waals surface area (Å²) < 4.78 is 38.5. The lowest BCUT2D eigenvalue weighted by atomic mass is 9.74. The third-order valence-electron chi connectivity index (χ3n) is 6.49. The molecule has 1 aromatic carbocycles. The molecule has 1 aliphatic rings. The number of nitrogens with zero attached hydrogens (tertiary/aromatic N) is 1. The fraction of sp³-hybridized carbons (Fsp3) is 0.462. The minimum absolute atomic E-state index is 0.00459. The molecule has 0 saturated heterocycles. The van der Waals surface area contributed by atoms with E-state index in [-0.39, 0.29) is 17.5 Å². The highest BCUT2D eigenvalue weighted by Crippen LogP contribution is 2.39. The number of aryl methyl sites for hydroxylation is 1. The van der Waals surface area contributed by atoms with Gasteiger partial charge in [-0.15, -0.1) is 0 Å². The van der Waals surface area contributed by atoms with Gasteiger partial charge in [0.05, 0.1) is 17.8 Å². The zero-order valence-electron chi connectivity index (χ0n) is 20.3. The molecule has 1 aliphatic carbocycles. The van der Waals surface area contributed by atoms with E-state index in [9.17, 15) is 27.9 Å². The lowest BCUT2D eigenvalue weighted by Crippen LogP contribution is -2.42. The minimum atomic E-state index is -4.57. The first-order chi connectivity index (χ1) is 16.9. The van der Waals surface area contributed by atoms with Gasteiger partial charge in [-0.1, -0.05) is 6.07 Å². The van der Waals surface area contributed by atoms with Crippen LogP contribution in [0.1, 0.15) is 66.2 Å². The Kier molecular flexibility index (Phi) is 8.50. The molecule has 0 bridgehead atoms. The summed E-state index contributed by atoms with van der Waals surface area (Å²) in [6, 6.07) is 7.37. The maximum Gasteiger partial charge on any atom is 0.416 e. The van der Waals surface area contributed by atoms with Gasteiger partial charge in [0, 0.05) is 29.9 Å². The number of carbonyl (C=O) groups is 2. The van der Waals surface area contributed by atoms with Crippen molar-refractivity contribution in [2.45, 2.75) is 63.8 Å². The SMILES string of the molecule is Cc1ccnc(C2(O)CCC(C(=N)C[C@@H](C)NC(=O)CNC(=O)c3cccc(C(F)(F)F)c3)CC2)c1. The van der Waals surface area contributed by atoms with Crippen LogP contribution in [0.15, 0.2) is 42.6 Å². The van der Waals surface area contributed by atoms with Crippen molar-refractivity contribution >= 4 is 17.5 Å². The Balaban J connectivity index is 1.43. The molecule has 2 amide bonds. The van der Waals surface area contributed by atoms with E-state index in [1.54, 1.807) is 13.1 Å². The number of nitrogens with one attached hydrogen (secondary N) is 3. The number of amides is 2. The van der Waals surface area contributed by atoms with Crippen LogP contribution in [0, 0.1) is 18.3 Å². The summed E-state index contributed by atoms with van der Waals surface area (Å²) in [7, 11) is 0. The lowest BCUT2D eigenvalue weighted by Gasteiger charge is -2.36. The van der Waals surface area contributed by atoms with Crippen LogP contribution in [-0.4, -0.2) is 40.2 Å². The van der Waals surface area contributed by atoms with Crippen molar-refractivity contribution < 1.29 is 27.9 Å². The second-order valence-electron chi connectivity index (χ2n) is 9.48. The second kappa shape index (κ2) is 11.2. The summed E-state index contributed by atoms with van der Waals surface area (Å²) in [5.74, 6) is -1.29. The molecule has 1 aromatic heterocycles. The van der Waals surface area contributed by atoms with Crippen molar-refractivity contribution in [3.05, 3.63) is 65.0 Å². The number of aliphatic hydroxyl groups is 1. The average Bonchev–Trinajstić information content (AvgIpc) is 2.82. The highest BCUT2D eigenvalue weighted by Gasteiger charge is 2.37. The van der Waals surface area contributed by atoms with E-state index < -0.39 is 35.7 Å². The molecular weight excluding hydrogens is 473 g/mol. The standard InChI is InChI=1S/C26H31F3N4O3/c1-16-8-11-31-22(12-16)25(36)9-6-18(7-10-25)21(30)13-17(2)33-23(34)15-32-24(35)19-4-3-5-20(14-19)26(27,28)29/h3-5,8,11-12,14,17-18,30,36H,6-7,9-10,13,15H2,1-2H3,(H,32,35)(H,33,34)/t17-,18?,25?/m1/s1. The number of carbonyl (C=O) groups excluding carboxylic acids is 2. The first kappa shape index (κ1) is 27.3. The molecule has 0 radical (unpaired) electrons. The number of pyridine rings is 1. The maximum absolute atomic E-state index is 12.8. The highest BCUT2D eigenvalue weighted by molar-refractivity contribution is 5.96. The van der Waals surface area contributed by atoms with Gasteiger partial charge in [-0.2, -0.15) is 13.2 Å². The van der Waals surface area contributed by atoms with E-state index in [4.69, 9.17) is 5.41 Å². The van der Waals surface area contributed by atoms with Crippen LogP contribution in [0.2, 0.25) is 0 Å². The average molecular weight is 505 g/mol. The largest absolute Gasteiger partial charge is 0.416 e. The minimum Gasteiger partial charge on any atom is -0.384 e. The zero-order valence-corrected chi connectivity index (χ0v) is 20.3. The second-order valence-corrected chi connectivity index (χ2v) is 9.48. The topological polar surface area (TPSA) is 115 Å². The number of alkyl halides is 3. The molecule has 0 aliphatic heterocycles. The number of aromatic nitrogens is 1. The van der Waals surface area contributed by atoms with Gasteiger partial charge in [0.15, 0.2) is 0 Å². The van der Waals surface area contributed by atoms with Crippen molar-refractivity contribution in [3.8, 4) is 0 Å². The van der Waals surface area contributed by atoms with E-state index in [1.807, 2.05) is 19.1 Å². The third-order valence-corrected chi connectivity index (χ3v) is 6.49. The van der Waals surface area contributed by atoms with Crippen molar-refractivity contribution in [1.82, 2.24) is 15.6 Å². The quantitative estimate of drug-likeness (QED) is 0.405. The van der Waals surface area contributed by atoms with Crippen LogP contribution in [0.3, 0.4) is 0 Å². The van der Waals surface area contributed by atoms with E-state index in [2.05, 4.69) is 15.6 Å². The van der Waals surface area contributed by atoms with E-state index >= 15 is 0 Å². The van der Waals surface area contributed by atoms with Gasteiger partial charge in [-0.25, -0.2) is 0 Å². The van der Waals surface area contributed by atoms with Crippen LogP contribution in [-0.2, 0) is 16.6 Å². The van der Waals surface area contributed by atoms with Gasteiger partial charge < -0.3 is 21.1 Å². The summed E-state index contributed by atoms with van der Waals surface area (Å²) in [6.07, 6.45) is -0.292. The van der Waals surface area contributed by atoms with Gasteiger partial charge >= 0.3 is 6.18 Å². The third kappa shape index (κ3) is 7.13. The normalized spacial score (nSPS) is 20.9. The molecule has 1 heterocycles. The monoisotopic (exact) mass is 504 g/mol. The number of hydrogen-bond donors (Lipinski definition) is 4. The van der Waals surface area contributed by atoms with Crippen molar-refractivity contribution in [3.63, 3.8) is 0 Å². The Labute approximate surface area is 208 Å². The summed E-state index contributed by atoms with van der Waals surface area (Å²) in [5, 5.41) is 24.5. The molecule has 0 spiro atoms. The maximum atomic E-state index is 12.8. The molecule has 194 valence electrons. The zero-order chi connectivity index (χ0) is 26.5. The molecule has 0 unspecified atom stereocenters. The van der Waals surface area contributed by atoms with E-state index in [1.165, 1.54) is 6.07 Å². The Morgan fingerprint density at radius 3 is 2.56 bits per heavy atom. The molecule has 1 fully saturated rings. The Morgan fingerprint density at radius 2 is 1.92 bits per heavy atom. The molecule has 4 N–H and O–H groups in total. The van der Waals surface area contributed by atoms with Crippen molar-refractivity contribution in [2.24, 2.45) is 5.92 Å². The van der Waals surface area contributed by atoms with Gasteiger partial charge in [0.2, 0.25) is 5.91 Å². The van der Waals surface area contributed by atoms with Crippen LogP contribution < -0.4 is 10.6 Å². The Bertz CT molecular complexity index is 1110. The Hall–Kier alpha value is -3.27. The van der Waals surface area contributed by atoms with Crippen molar-refractivity contribution in [1.29, 1.82) is 5.41 Å². The smallest absolute Gasteiger partial charge is 0.384 e. The lowest BCUT2D eigenvalue weighted by molar-refractivity contribution is -0.137. The predicted molar refractivity (Wildman–Crippen MR) is 129 cm³/mol. The van der Waals surface area contributed by atoms with Gasteiger partial charge in [-0.05, 0) is 81.3 Å². The molecular formula is C26H31F3N4O3. The van der Waals surface area contributed by atoms with Gasteiger partial charge in [0.1, 0.15) is 5.60 Å². The van der Waals surface area contributed by atoms with E-state index in [0.717, 1.165) is 23.8 Å². The molecule has 36 heavy (non-hydrogen) atoms. The van der Waals surface area contributed by atoms with Crippen LogP contribution in [0.5, 0.6) is 0 Å². The number of halogens is 3. The number of benzene rings is 1. The molecule has 1 saturated carbocycles. The fourth-order valence-electron chi connectivity index (χ4n) is 4.46. The number of rotatable bonds is 8. The van der Waals surface area contributed by atoms with Crippen LogP contribution in [0.25, 0.3) is 0 Å². The van der Waals surface area contributed by atoms with Gasteiger partial charge in [0.25, 0.3) is 5.91 Å². The molecule has 1 atom stereocenters. The predicted octanol–water partition coefficient (Wildman–Crippen LogP) is 4.13. The summed E-state index contributed by atoms with van der Waals surface area (Å²) >= 11 is 0. The molecule has 2 aromatic rings. The summed E-state index contributed by atoms with van der Waals surface area (Å²) in [4.78, 5) is 28.7. The Morgan fingerprint density at radius 1 is 1.22 bits per heavy atom. The molecule has 3 rings (SSSR count). The number of hydrogen-bond acceptors (Lipinski definition) is 5. The first-order valence-corrected chi connectivity index (χ1v) is 11.8. The van der Waals surface area contributed by atoms with Gasteiger partial charge in [-0.3, -0.25) is 14.6 Å². The summed E-state index contributed by atoms with van der Waals surface area (Å²) in [6.45, 7) is 3.30. The highest BCUT2D eigenvalue weighted by atomic mass is 19.4. The molecule has 10 heteroatoms. The van der Waals surface area contributed by atoms with Crippen molar-refractivity contribution in [2.75, 3.05) is 6.54 Å². The fourth-order valence-corrected chi connectivity index (χ4v) is 4.46. The van der Waals surface area contributed by atoms with Crippen LogP contribution >= 0.6 is 0 Å². The van der Waals surface area contributed by atoms with E-state index in [0.29, 0.717) is 43.5 Å². The summed E-state index contributed by atoms with van der Waals surface area (Å²) in [5.41, 5.74) is 0.0308. The first-order valence-electron chi connectivity index (χ1n) is 11.8.